The molecule has 144 valence electrons. The van der Waals surface area contributed by atoms with Crippen LogP contribution in [0.5, 0.6) is 0 Å². The topological polar surface area (TPSA) is 40.6 Å². The minimum Gasteiger partial charge on any atom is -0.303 e. The van der Waals surface area contributed by atoms with Gasteiger partial charge in [0, 0.05) is 26.2 Å². The van der Waals surface area contributed by atoms with Crippen molar-refractivity contribution in [2.24, 2.45) is 11.8 Å². The molecule has 1 unspecified atom stereocenters. The van der Waals surface area contributed by atoms with Gasteiger partial charge < -0.3 is 4.90 Å². The molecule has 0 spiro atoms. The van der Waals surface area contributed by atoms with Crippen molar-refractivity contribution in [1.82, 2.24) is 9.21 Å². The average Bonchev–Trinajstić information content (AvgIpc) is 3.10. The highest BCUT2D eigenvalue weighted by molar-refractivity contribution is 7.89. The number of hydrogen-bond donors (Lipinski definition) is 0. The third-order valence-electron chi connectivity index (χ3n) is 6.54. The Morgan fingerprint density at radius 3 is 2.54 bits per heavy atom. The van der Waals surface area contributed by atoms with E-state index in [4.69, 9.17) is 0 Å². The first kappa shape index (κ1) is 18.5. The van der Waals surface area contributed by atoms with Crippen LogP contribution in [-0.4, -0.2) is 50.3 Å². The van der Waals surface area contributed by atoms with Gasteiger partial charge in [-0.05, 0) is 86.6 Å². The molecule has 0 amide bonds. The SMILES string of the molecule is CC1CCCN(CC2CCN(S(=O)(=O)c3ccc4c(c3)CCC4)CC2)C1. The number of likely N-dealkylation sites (tertiary alicyclic amines) is 1. The first-order chi connectivity index (χ1) is 12.5. The van der Waals surface area contributed by atoms with Crippen LogP contribution in [0.1, 0.15) is 50.2 Å². The van der Waals surface area contributed by atoms with Crippen molar-refractivity contribution in [3.8, 4) is 0 Å². The number of sulfonamides is 1. The maximum atomic E-state index is 13.0. The zero-order valence-corrected chi connectivity index (χ0v) is 16.8. The number of benzene rings is 1. The molecule has 0 aromatic heterocycles. The zero-order chi connectivity index (χ0) is 18.1. The van der Waals surface area contributed by atoms with E-state index in [1.165, 1.54) is 37.1 Å². The van der Waals surface area contributed by atoms with Crippen molar-refractivity contribution in [2.75, 3.05) is 32.7 Å². The summed E-state index contributed by atoms with van der Waals surface area (Å²) in [4.78, 5) is 3.10. The molecule has 2 fully saturated rings. The molecule has 1 atom stereocenters. The quantitative estimate of drug-likeness (QED) is 0.809. The molecule has 1 aromatic rings. The minimum atomic E-state index is -3.33. The lowest BCUT2D eigenvalue weighted by molar-refractivity contribution is 0.136. The van der Waals surface area contributed by atoms with Crippen molar-refractivity contribution in [3.05, 3.63) is 29.3 Å². The maximum absolute atomic E-state index is 13.0. The fraction of sp³-hybridized carbons (Fsp3) is 0.714. The molecule has 4 rings (SSSR count). The molecule has 3 aliphatic rings. The van der Waals surface area contributed by atoms with Crippen LogP contribution in [0, 0.1) is 11.8 Å². The van der Waals surface area contributed by atoms with Gasteiger partial charge in [-0.15, -0.1) is 0 Å². The molecule has 0 bridgehead atoms. The van der Waals surface area contributed by atoms with E-state index in [-0.39, 0.29) is 0 Å². The predicted molar refractivity (Wildman–Crippen MR) is 105 cm³/mol. The third kappa shape index (κ3) is 3.85. The van der Waals surface area contributed by atoms with Crippen molar-refractivity contribution < 1.29 is 8.42 Å². The lowest BCUT2D eigenvalue weighted by Gasteiger charge is -2.37. The molecular formula is C21H32N2O2S. The van der Waals surface area contributed by atoms with Crippen molar-refractivity contribution in [1.29, 1.82) is 0 Å². The van der Waals surface area contributed by atoms with E-state index >= 15 is 0 Å². The van der Waals surface area contributed by atoms with E-state index in [0.717, 1.165) is 44.6 Å². The van der Waals surface area contributed by atoms with Crippen LogP contribution in [0.15, 0.2) is 23.1 Å². The Balaban J connectivity index is 1.36. The molecule has 5 heteroatoms. The van der Waals surface area contributed by atoms with Gasteiger partial charge in [-0.2, -0.15) is 4.31 Å². The molecule has 0 radical (unpaired) electrons. The summed E-state index contributed by atoms with van der Waals surface area (Å²) in [6.07, 6.45) is 7.93. The highest BCUT2D eigenvalue weighted by Gasteiger charge is 2.31. The lowest BCUT2D eigenvalue weighted by Crippen LogP contribution is -2.43. The molecule has 1 aliphatic carbocycles. The van der Waals surface area contributed by atoms with Crippen LogP contribution < -0.4 is 0 Å². The molecule has 2 heterocycles. The summed E-state index contributed by atoms with van der Waals surface area (Å²) < 4.78 is 27.8. The summed E-state index contributed by atoms with van der Waals surface area (Å²) in [6, 6.07) is 5.78. The van der Waals surface area contributed by atoms with E-state index in [0.29, 0.717) is 23.9 Å². The second kappa shape index (κ2) is 7.61. The van der Waals surface area contributed by atoms with Crippen molar-refractivity contribution in [3.63, 3.8) is 0 Å². The Hall–Kier alpha value is -0.910. The normalized spacial score (nSPS) is 26.1. The number of aryl methyl sites for hydroxylation is 2. The van der Waals surface area contributed by atoms with Gasteiger partial charge in [-0.1, -0.05) is 13.0 Å². The average molecular weight is 377 g/mol. The zero-order valence-electron chi connectivity index (χ0n) is 16.0. The number of nitrogens with zero attached hydrogens (tertiary/aromatic N) is 2. The molecule has 1 aromatic carbocycles. The first-order valence-electron chi connectivity index (χ1n) is 10.4. The summed E-state index contributed by atoms with van der Waals surface area (Å²) in [5, 5.41) is 0. The van der Waals surface area contributed by atoms with Crippen molar-refractivity contribution >= 4 is 10.0 Å². The van der Waals surface area contributed by atoms with Crippen LogP contribution >= 0.6 is 0 Å². The monoisotopic (exact) mass is 376 g/mol. The van der Waals surface area contributed by atoms with Crippen LogP contribution in [0.25, 0.3) is 0 Å². The molecular weight excluding hydrogens is 344 g/mol. The Labute approximate surface area is 158 Å². The molecule has 2 aliphatic heterocycles. The van der Waals surface area contributed by atoms with Gasteiger partial charge in [0.1, 0.15) is 0 Å². The van der Waals surface area contributed by atoms with Gasteiger partial charge in [0.05, 0.1) is 4.90 Å². The van der Waals surface area contributed by atoms with Gasteiger partial charge >= 0.3 is 0 Å². The van der Waals surface area contributed by atoms with Gasteiger partial charge in [-0.25, -0.2) is 8.42 Å². The van der Waals surface area contributed by atoms with Gasteiger partial charge in [-0.3, -0.25) is 0 Å². The molecule has 26 heavy (non-hydrogen) atoms. The van der Waals surface area contributed by atoms with Gasteiger partial charge in [0.15, 0.2) is 0 Å². The Bertz CT molecular complexity index is 738. The maximum Gasteiger partial charge on any atom is 0.243 e. The van der Waals surface area contributed by atoms with E-state index in [2.05, 4.69) is 11.8 Å². The largest absolute Gasteiger partial charge is 0.303 e. The molecule has 0 N–H and O–H groups in total. The summed E-state index contributed by atoms with van der Waals surface area (Å²) in [5.41, 5.74) is 2.57. The van der Waals surface area contributed by atoms with E-state index < -0.39 is 10.0 Å². The molecule has 4 nitrogen and oxygen atoms in total. The number of hydrogen-bond acceptors (Lipinski definition) is 3. The molecule has 2 saturated heterocycles. The molecule has 0 saturated carbocycles. The van der Waals surface area contributed by atoms with Crippen LogP contribution in [0.2, 0.25) is 0 Å². The second-order valence-electron chi connectivity index (χ2n) is 8.64. The summed E-state index contributed by atoms with van der Waals surface area (Å²) in [7, 11) is -3.33. The highest BCUT2D eigenvalue weighted by atomic mass is 32.2. The van der Waals surface area contributed by atoms with E-state index in [1.807, 2.05) is 18.2 Å². The summed E-state index contributed by atoms with van der Waals surface area (Å²) >= 11 is 0. The van der Waals surface area contributed by atoms with Crippen LogP contribution in [-0.2, 0) is 22.9 Å². The van der Waals surface area contributed by atoms with Crippen LogP contribution in [0.4, 0.5) is 0 Å². The van der Waals surface area contributed by atoms with Crippen molar-refractivity contribution in [2.45, 2.75) is 56.8 Å². The number of rotatable bonds is 4. The van der Waals surface area contributed by atoms with Gasteiger partial charge in [0.2, 0.25) is 10.0 Å². The van der Waals surface area contributed by atoms with E-state index in [9.17, 15) is 8.42 Å². The third-order valence-corrected chi connectivity index (χ3v) is 8.43. The van der Waals surface area contributed by atoms with Gasteiger partial charge in [0.25, 0.3) is 0 Å². The first-order valence-corrected chi connectivity index (χ1v) is 11.8. The summed E-state index contributed by atoms with van der Waals surface area (Å²) in [6.45, 7) is 7.28. The Morgan fingerprint density at radius 2 is 1.77 bits per heavy atom. The fourth-order valence-corrected chi connectivity index (χ4v) is 6.53. The summed E-state index contributed by atoms with van der Waals surface area (Å²) in [5.74, 6) is 1.45. The smallest absolute Gasteiger partial charge is 0.243 e. The predicted octanol–water partition coefficient (Wildman–Crippen LogP) is 3.31. The Morgan fingerprint density at radius 1 is 1.00 bits per heavy atom. The lowest BCUT2D eigenvalue weighted by atomic mass is 9.94. The number of fused-ring (bicyclic) bond motifs is 1. The fourth-order valence-electron chi connectivity index (χ4n) is 5.01. The second-order valence-corrected chi connectivity index (χ2v) is 10.6. The standard InChI is InChI=1S/C21H32N2O2S/c1-17-4-3-11-22(15-17)16-18-9-12-23(13-10-18)26(24,25)21-8-7-19-5-2-6-20(19)14-21/h7-8,14,17-18H,2-6,9-13,15-16H2,1H3. The minimum absolute atomic E-state index is 0.501. The highest BCUT2D eigenvalue weighted by Crippen LogP contribution is 2.29. The van der Waals surface area contributed by atoms with E-state index in [1.54, 1.807) is 4.31 Å². The number of piperidine rings is 2. The van der Waals surface area contributed by atoms with Crippen LogP contribution in [0.3, 0.4) is 0 Å². The Kier molecular flexibility index (Phi) is 5.40.